The molecule has 3 rings (SSSR count). The summed E-state index contributed by atoms with van der Waals surface area (Å²) in [5.41, 5.74) is 4.62. The summed E-state index contributed by atoms with van der Waals surface area (Å²) < 4.78 is 6.88. The number of Topliss-reactive ketones (excluding diaryl/α,β-unsaturated/α-hetero) is 1. The van der Waals surface area contributed by atoms with Crippen LogP contribution in [0.1, 0.15) is 50.4 Å². The molecule has 0 aliphatic carbocycles. The van der Waals surface area contributed by atoms with Gasteiger partial charge in [-0.25, -0.2) is 9.48 Å². The van der Waals surface area contributed by atoms with Crippen LogP contribution in [-0.4, -0.2) is 39.0 Å². The van der Waals surface area contributed by atoms with Gasteiger partial charge in [0.25, 0.3) is 5.91 Å². The average Bonchev–Trinajstić information content (AvgIpc) is 3.16. The highest BCUT2D eigenvalue weighted by Crippen LogP contribution is 2.23. The van der Waals surface area contributed by atoms with Crippen LogP contribution >= 0.6 is 0 Å². The monoisotopic (exact) mass is 408 g/mol. The number of rotatable bonds is 6. The second-order valence-electron chi connectivity index (χ2n) is 7.10. The molecule has 0 saturated heterocycles. The molecule has 8 heteroatoms. The molecular formula is C22H24N4O4. The molecule has 8 nitrogen and oxygen atoms in total. The van der Waals surface area contributed by atoms with E-state index >= 15 is 0 Å². The van der Waals surface area contributed by atoms with Crippen molar-refractivity contribution in [2.24, 2.45) is 0 Å². The molecule has 3 aromatic rings. The number of nitrogens with one attached hydrogen (secondary N) is 2. The number of ketones is 1. The fourth-order valence-corrected chi connectivity index (χ4v) is 3.51. The quantitative estimate of drug-likeness (QED) is 0.480. The standard InChI is InChI=1S/C22H24N4O4/c1-12-19(16(5)27)13(2)23-20(12)22(29)30-11-18(28)24-21-14(3)25-26(15(21)4)17-9-7-6-8-10-17/h6-10,23H,11H2,1-5H3,(H,24,28). The number of anilines is 1. The number of para-hydroxylation sites is 1. The van der Waals surface area contributed by atoms with Crippen LogP contribution in [-0.2, 0) is 9.53 Å². The molecule has 1 aromatic carbocycles. The molecule has 2 aromatic heterocycles. The summed E-state index contributed by atoms with van der Waals surface area (Å²) >= 11 is 0. The number of H-pyrrole nitrogens is 1. The number of carbonyl (C=O) groups is 3. The van der Waals surface area contributed by atoms with Crippen LogP contribution in [0.15, 0.2) is 30.3 Å². The van der Waals surface area contributed by atoms with Crippen molar-refractivity contribution in [2.45, 2.75) is 34.6 Å². The molecule has 2 N–H and O–H groups in total. The van der Waals surface area contributed by atoms with E-state index in [2.05, 4.69) is 15.4 Å². The fourth-order valence-electron chi connectivity index (χ4n) is 3.51. The van der Waals surface area contributed by atoms with E-state index in [4.69, 9.17) is 4.74 Å². The van der Waals surface area contributed by atoms with Crippen molar-refractivity contribution in [1.82, 2.24) is 14.8 Å². The summed E-state index contributed by atoms with van der Waals surface area (Å²) in [6.07, 6.45) is 0. The lowest BCUT2D eigenvalue weighted by molar-refractivity contribution is -0.119. The Morgan fingerprint density at radius 2 is 1.77 bits per heavy atom. The molecule has 2 heterocycles. The van der Waals surface area contributed by atoms with Crippen LogP contribution in [0.25, 0.3) is 5.69 Å². The molecule has 0 saturated carbocycles. The van der Waals surface area contributed by atoms with Gasteiger partial charge in [0.1, 0.15) is 5.69 Å². The lowest BCUT2D eigenvalue weighted by Crippen LogP contribution is -2.22. The van der Waals surface area contributed by atoms with Gasteiger partial charge in [-0.1, -0.05) is 18.2 Å². The number of amides is 1. The summed E-state index contributed by atoms with van der Waals surface area (Å²) in [6.45, 7) is 8.00. The lowest BCUT2D eigenvalue weighted by atomic mass is 10.1. The Labute approximate surface area is 174 Å². The zero-order chi connectivity index (χ0) is 22.0. The van der Waals surface area contributed by atoms with E-state index < -0.39 is 18.5 Å². The molecule has 0 aliphatic heterocycles. The van der Waals surface area contributed by atoms with Crippen molar-refractivity contribution >= 4 is 23.3 Å². The van der Waals surface area contributed by atoms with Crippen LogP contribution in [0.4, 0.5) is 5.69 Å². The predicted molar refractivity (Wildman–Crippen MR) is 112 cm³/mol. The van der Waals surface area contributed by atoms with Crippen molar-refractivity contribution in [3.8, 4) is 5.69 Å². The molecule has 0 radical (unpaired) electrons. The largest absolute Gasteiger partial charge is 0.451 e. The van der Waals surface area contributed by atoms with Gasteiger partial charge in [-0.15, -0.1) is 0 Å². The minimum Gasteiger partial charge on any atom is -0.451 e. The second kappa shape index (κ2) is 8.36. The number of nitrogens with zero attached hydrogens (tertiary/aromatic N) is 2. The van der Waals surface area contributed by atoms with E-state index in [1.807, 2.05) is 37.3 Å². The van der Waals surface area contributed by atoms with Gasteiger partial charge < -0.3 is 15.0 Å². The van der Waals surface area contributed by atoms with E-state index in [0.29, 0.717) is 28.2 Å². The lowest BCUT2D eigenvalue weighted by Gasteiger charge is -2.08. The highest BCUT2D eigenvalue weighted by atomic mass is 16.5. The molecule has 0 bridgehead atoms. The zero-order valence-electron chi connectivity index (χ0n) is 17.6. The van der Waals surface area contributed by atoms with Crippen LogP contribution in [0, 0.1) is 27.7 Å². The van der Waals surface area contributed by atoms with Gasteiger partial charge in [-0.3, -0.25) is 9.59 Å². The maximum atomic E-state index is 12.4. The van der Waals surface area contributed by atoms with Gasteiger partial charge in [-0.05, 0) is 52.3 Å². The van der Waals surface area contributed by atoms with Crippen molar-refractivity contribution in [2.75, 3.05) is 11.9 Å². The first-order chi connectivity index (χ1) is 14.2. The number of hydrogen-bond acceptors (Lipinski definition) is 5. The Balaban J connectivity index is 1.69. The third-order valence-corrected chi connectivity index (χ3v) is 4.88. The molecule has 30 heavy (non-hydrogen) atoms. The molecule has 1 amide bonds. The normalized spacial score (nSPS) is 10.7. The minimum absolute atomic E-state index is 0.139. The summed E-state index contributed by atoms with van der Waals surface area (Å²) in [5, 5.41) is 7.24. The first-order valence-electron chi connectivity index (χ1n) is 9.49. The van der Waals surface area contributed by atoms with Crippen molar-refractivity contribution in [3.05, 3.63) is 64.2 Å². The van der Waals surface area contributed by atoms with E-state index in [9.17, 15) is 14.4 Å². The molecule has 0 spiro atoms. The van der Waals surface area contributed by atoms with Crippen molar-refractivity contribution in [1.29, 1.82) is 0 Å². The van der Waals surface area contributed by atoms with E-state index in [0.717, 1.165) is 11.4 Å². The molecule has 0 fully saturated rings. The number of carbonyl (C=O) groups excluding carboxylic acids is 3. The molecule has 0 aliphatic rings. The molecule has 156 valence electrons. The number of benzene rings is 1. The van der Waals surface area contributed by atoms with Crippen molar-refractivity contribution < 1.29 is 19.1 Å². The average molecular weight is 408 g/mol. The topological polar surface area (TPSA) is 106 Å². The Hall–Kier alpha value is -3.68. The van der Waals surface area contributed by atoms with Crippen molar-refractivity contribution in [3.63, 3.8) is 0 Å². The summed E-state index contributed by atoms with van der Waals surface area (Å²) in [6, 6.07) is 9.57. The maximum absolute atomic E-state index is 12.4. The summed E-state index contributed by atoms with van der Waals surface area (Å²) in [7, 11) is 0. The number of aromatic nitrogens is 3. The van der Waals surface area contributed by atoms with Crippen LogP contribution in [0.3, 0.4) is 0 Å². The number of esters is 1. The summed E-state index contributed by atoms with van der Waals surface area (Å²) in [5.74, 6) is -1.30. The van der Waals surface area contributed by atoms with Gasteiger partial charge in [-0.2, -0.15) is 5.10 Å². The van der Waals surface area contributed by atoms with Crippen LogP contribution < -0.4 is 5.32 Å². The number of aryl methyl sites for hydroxylation is 2. The minimum atomic E-state index is -0.688. The maximum Gasteiger partial charge on any atom is 0.355 e. The van der Waals surface area contributed by atoms with Gasteiger partial charge in [0.15, 0.2) is 12.4 Å². The Kier molecular flexibility index (Phi) is 5.86. The van der Waals surface area contributed by atoms with Gasteiger partial charge >= 0.3 is 5.97 Å². The Morgan fingerprint density at radius 1 is 1.10 bits per heavy atom. The van der Waals surface area contributed by atoms with E-state index in [1.54, 1.807) is 25.5 Å². The SMILES string of the molecule is CC(=O)c1c(C)[nH]c(C(=O)OCC(=O)Nc2c(C)nn(-c3ccccc3)c2C)c1C. The first kappa shape index (κ1) is 21.0. The summed E-state index contributed by atoms with van der Waals surface area (Å²) in [4.78, 5) is 39.3. The zero-order valence-corrected chi connectivity index (χ0v) is 17.6. The predicted octanol–water partition coefficient (Wildman–Crippen LogP) is 3.43. The highest BCUT2D eigenvalue weighted by Gasteiger charge is 2.22. The molecular weight excluding hydrogens is 384 g/mol. The number of aromatic amines is 1. The second-order valence-corrected chi connectivity index (χ2v) is 7.10. The first-order valence-corrected chi connectivity index (χ1v) is 9.49. The third kappa shape index (κ3) is 4.03. The van der Waals surface area contributed by atoms with Gasteiger partial charge in [0, 0.05) is 11.3 Å². The van der Waals surface area contributed by atoms with Gasteiger partial charge in [0.2, 0.25) is 0 Å². The molecule has 0 unspecified atom stereocenters. The molecule has 0 atom stereocenters. The number of hydrogen-bond donors (Lipinski definition) is 2. The third-order valence-electron chi connectivity index (χ3n) is 4.88. The Morgan fingerprint density at radius 3 is 2.37 bits per heavy atom. The van der Waals surface area contributed by atoms with E-state index in [1.165, 1.54) is 6.92 Å². The number of ether oxygens (including phenoxy) is 1. The Bertz CT molecular complexity index is 1130. The fraction of sp³-hybridized carbons (Fsp3) is 0.273. The van der Waals surface area contributed by atoms with E-state index in [-0.39, 0.29) is 11.5 Å². The van der Waals surface area contributed by atoms with Gasteiger partial charge in [0.05, 0.1) is 22.8 Å². The smallest absolute Gasteiger partial charge is 0.355 e. The van der Waals surface area contributed by atoms with Crippen LogP contribution in [0.2, 0.25) is 0 Å². The van der Waals surface area contributed by atoms with Crippen LogP contribution in [0.5, 0.6) is 0 Å². The highest BCUT2D eigenvalue weighted by molar-refractivity contribution is 6.02.